The highest BCUT2D eigenvalue weighted by Gasteiger charge is 2.49. The van der Waals surface area contributed by atoms with Crippen LogP contribution in [0.15, 0.2) is 48.5 Å². The molecule has 0 unspecified atom stereocenters. The van der Waals surface area contributed by atoms with Gasteiger partial charge in [0.15, 0.2) is 36.3 Å². The first kappa shape index (κ1) is 65.1. The predicted octanol–water partition coefficient (Wildman–Crippen LogP) is 1.19. The molecule has 0 saturated heterocycles. The van der Waals surface area contributed by atoms with Crippen molar-refractivity contribution in [3.8, 4) is 0 Å². The third kappa shape index (κ3) is 25.8. The van der Waals surface area contributed by atoms with E-state index in [1.807, 2.05) is 36.4 Å². The van der Waals surface area contributed by atoms with Crippen molar-refractivity contribution in [2.45, 2.75) is 137 Å². The summed E-state index contributed by atoms with van der Waals surface area (Å²) < 4.78 is 39.6. The van der Waals surface area contributed by atoms with Crippen molar-refractivity contribution in [2.75, 3.05) is 7.05 Å². The monoisotopic (exact) mass is 1060 g/mol. The second kappa shape index (κ2) is 33.7. The zero-order chi connectivity index (χ0) is 55.4. The van der Waals surface area contributed by atoms with Crippen molar-refractivity contribution in [1.82, 2.24) is 10.6 Å². The van der Waals surface area contributed by atoms with E-state index in [-0.39, 0.29) is 6.54 Å². The molecule has 0 spiro atoms. The molecule has 2 aromatic carbocycles. The van der Waals surface area contributed by atoms with Crippen LogP contribution in [-0.2, 0) is 122 Å². The van der Waals surface area contributed by atoms with Gasteiger partial charge in [-0.1, -0.05) is 48.5 Å². The van der Waals surface area contributed by atoms with E-state index in [9.17, 15) is 57.5 Å². The van der Waals surface area contributed by atoms with E-state index in [0.717, 1.165) is 84.6 Å². The minimum absolute atomic E-state index is 0.0132. The van der Waals surface area contributed by atoms with Gasteiger partial charge in [-0.15, -0.1) is 0 Å². The summed E-state index contributed by atoms with van der Waals surface area (Å²) in [4.78, 5) is 141. The molecule has 398 valence electrons. The van der Waals surface area contributed by atoms with Gasteiger partial charge in [0.2, 0.25) is 18.3 Å². The van der Waals surface area contributed by atoms with Gasteiger partial charge >= 0.3 is 47.8 Å². The standard InChI is InChI=1S/C24H32N2O10.C14H16Cl2O10.C8H12N2/c1-13(27)20(33-14(2)28)21(34-15(3)29)22(35-16(4)30)23(36-17(5)31)24(32)26-12-19-9-7-8-18(10-19)11-25-6;1-5(17)23-9(11(13(15)21)25-7(3)19)10(24-6(2)18)12(14(16)22)26-8(4)20;9-5-7-2-1-3-8(4-7)6-10/h7-10,20-23,25H,11-12H2,1-6H3,(H,26,32);9-12H,1-4H3;1-4H,5-6,9-10H2/t20-,21-,22+,23-;9-,10-,11-,12+;/m10./s1. The molecule has 0 bridgehead atoms. The van der Waals surface area contributed by atoms with E-state index in [2.05, 4.69) is 20.1 Å². The van der Waals surface area contributed by atoms with Crippen LogP contribution in [-0.4, -0.2) is 126 Å². The van der Waals surface area contributed by atoms with E-state index < -0.39 is 119 Å². The molecule has 0 aromatic heterocycles. The number of hydrogen-bond donors (Lipinski definition) is 4. The van der Waals surface area contributed by atoms with E-state index >= 15 is 0 Å². The number of Topliss-reactive ketones (excluding diaryl/α,β-unsaturated/α-hetero) is 1. The summed E-state index contributed by atoms with van der Waals surface area (Å²) in [7, 11) is 1.79. The molecule has 0 radical (unpaired) electrons. The van der Waals surface area contributed by atoms with E-state index in [1.165, 1.54) is 0 Å². The number of esters is 8. The van der Waals surface area contributed by atoms with E-state index in [4.69, 9.17) is 63.1 Å². The van der Waals surface area contributed by atoms with Gasteiger partial charge in [0.05, 0.1) is 0 Å². The molecule has 6 N–H and O–H groups in total. The number of benzene rings is 2. The second-order valence-corrected chi connectivity index (χ2v) is 15.7. The van der Waals surface area contributed by atoms with E-state index in [0.29, 0.717) is 19.6 Å². The third-order valence-electron chi connectivity index (χ3n) is 8.63. The summed E-state index contributed by atoms with van der Waals surface area (Å²) >= 11 is 10.7. The number of carbonyl (C=O) groups is 12. The summed E-state index contributed by atoms with van der Waals surface area (Å²) in [5.41, 5.74) is 14.8. The fourth-order valence-electron chi connectivity index (χ4n) is 6.05. The largest absolute Gasteiger partial charge is 0.454 e. The predicted molar refractivity (Wildman–Crippen MR) is 250 cm³/mol. The Balaban J connectivity index is 0.00000121. The van der Waals surface area contributed by atoms with Gasteiger partial charge in [-0.05, 0) is 59.4 Å². The molecule has 24 nitrogen and oxygen atoms in total. The zero-order valence-corrected chi connectivity index (χ0v) is 42.7. The van der Waals surface area contributed by atoms with Crippen molar-refractivity contribution in [3.05, 3.63) is 70.8 Å². The zero-order valence-electron chi connectivity index (χ0n) is 41.1. The van der Waals surface area contributed by atoms with Crippen molar-refractivity contribution >= 4 is 93.1 Å². The van der Waals surface area contributed by atoms with Gasteiger partial charge in [0.1, 0.15) is 0 Å². The summed E-state index contributed by atoms with van der Waals surface area (Å²) in [6, 6.07) is 15.3. The average molecular weight is 1060 g/mol. The molecule has 8 atom stereocenters. The van der Waals surface area contributed by atoms with Gasteiger partial charge in [-0.25, -0.2) is 0 Å². The Hall–Kier alpha value is -6.86. The minimum atomic E-state index is -1.98. The number of ether oxygens (including phenoxy) is 8. The number of ketones is 1. The molecule has 0 aliphatic heterocycles. The summed E-state index contributed by atoms with van der Waals surface area (Å²) in [5.74, 6) is -9.37. The normalized spacial score (nSPS) is 13.6. The Labute approximate surface area is 424 Å². The van der Waals surface area contributed by atoms with Gasteiger partial charge in [-0.3, -0.25) is 57.5 Å². The number of amides is 1. The molecule has 0 fully saturated rings. The first-order valence-electron chi connectivity index (χ1n) is 21.3. The molecule has 2 rings (SSSR count). The molecule has 0 heterocycles. The van der Waals surface area contributed by atoms with Gasteiger partial charge in [0, 0.05) is 81.6 Å². The van der Waals surface area contributed by atoms with Crippen LogP contribution in [0.5, 0.6) is 0 Å². The van der Waals surface area contributed by atoms with Gasteiger partial charge in [-0.2, -0.15) is 0 Å². The van der Waals surface area contributed by atoms with Gasteiger partial charge < -0.3 is 60.0 Å². The van der Waals surface area contributed by atoms with Crippen LogP contribution in [0.2, 0.25) is 0 Å². The maximum absolute atomic E-state index is 13.2. The Morgan fingerprint density at radius 3 is 1.01 bits per heavy atom. The van der Waals surface area contributed by atoms with E-state index in [1.54, 1.807) is 19.2 Å². The fraction of sp³-hybridized carbons (Fsp3) is 0.478. The van der Waals surface area contributed by atoms with Crippen LogP contribution in [0.25, 0.3) is 0 Å². The summed E-state index contributed by atoms with van der Waals surface area (Å²) in [5, 5.41) is 2.97. The molecule has 26 heteroatoms. The molecule has 2 aromatic rings. The number of rotatable bonds is 24. The van der Waals surface area contributed by atoms with Gasteiger partial charge in [0.25, 0.3) is 16.4 Å². The van der Waals surface area contributed by atoms with Crippen molar-refractivity contribution in [1.29, 1.82) is 0 Å². The number of halogens is 2. The summed E-state index contributed by atoms with van der Waals surface area (Å²) in [6.45, 7) is 10.6. The Morgan fingerprint density at radius 1 is 0.431 bits per heavy atom. The molecular weight excluding hydrogens is 999 g/mol. The highest BCUT2D eigenvalue weighted by molar-refractivity contribution is 6.65. The quantitative estimate of drug-likeness (QED) is 0.0651. The van der Waals surface area contributed by atoms with Crippen LogP contribution in [0.1, 0.15) is 84.6 Å². The topological polar surface area (TPSA) is 355 Å². The minimum Gasteiger partial charge on any atom is -0.454 e. The first-order valence-corrected chi connectivity index (χ1v) is 22.1. The number of nitrogens with one attached hydrogen (secondary N) is 2. The molecule has 0 saturated carbocycles. The first-order chi connectivity index (χ1) is 33.6. The second-order valence-electron chi connectivity index (χ2n) is 14.9. The van der Waals surface area contributed by atoms with Crippen molar-refractivity contribution < 1.29 is 95.4 Å². The van der Waals surface area contributed by atoms with Crippen LogP contribution in [0.4, 0.5) is 0 Å². The molecular formula is C46H60Cl2N4O20. The molecule has 72 heavy (non-hydrogen) atoms. The fourth-order valence-corrected chi connectivity index (χ4v) is 6.39. The Morgan fingerprint density at radius 2 is 0.708 bits per heavy atom. The third-order valence-corrected chi connectivity index (χ3v) is 9.06. The number of nitrogens with two attached hydrogens (primary N) is 2. The van der Waals surface area contributed by atoms with Crippen molar-refractivity contribution in [3.63, 3.8) is 0 Å². The highest BCUT2D eigenvalue weighted by Crippen LogP contribution is 2.24. The number of hydrogen-bond acceptors (Lipinski definition) is 23. The lowest BCUT2D eigenvalue weighted by molar-refractivity contribution is -0.199. The number of carbonyl (C=O) groups excluding carboxylic acids is 12. The summed E-state index contributed by atoms with van der Waals surface area (Å²) in [6.07, 6.45) is -15.0. The Bertz CT molecular complexity index is 2170. The molecule has 0 aliphatic carbocycles. The Kier molecular flexibility index (Phi) is 30.5. The lowest BCUT2D eigenvalue weighted by Gasteiger charge is -2.34. The van der Waals surface area contributed by atoms with Crippen LogP contribution >= 0.6 is 23.2 Å². The molecule has 1 amide bonds. The maximum Gasteiger partial charge on any atom is 0.303 e. The van der Waals surface area contributed by atoms with Crippen molar-refractivity contribution in [2.24, 2.45) is 11.5 Å². The van der Waals surface area contributed by atoms with Crippen LogP contribution in [0, 0.1) is 0 Å². The smallest absolute Gasteiger partial charge is 0.303 e. The molecule has 0 aliphatic rings. The van der Waals surface area contributed by atoms with Crippen LogP contribution in [0.3, 0.4) is 0 Å². The average Bonchev–Trinajstić information content (AvgIpc) is 3.27. The SMILES string of the molecule is CC(=O)O[C@@H]([C@H](OC(C)=O)[C@@H](OC(C)=O)C(=O)Cl)[C@H](OC(C)=O)C(=O)Cl.CNCc1cccc(CNC(=O)[C@H](OC(C)=O)[C@@H](OC(C)=O)[C@H](OC(C)=O)[C@H](OC(C)=O)C(C)=O)c1.NCc1cccc(CN)c1. The highest BCUT2D eigenvalue weighted by atomic mass is 35.5. The maximum atomic E-state index is 13.2. The lowest BCUT2D eigenvalue weighted by Crippen LogP contribution is -2.57. The lowest BCUT2D eigenvalue weighted by atomic mass is 9.98. The van der Waals surface area contributed by atoms with Crippen LogP contribution < -0.4 is 22.1 Å².